The van der Waals surface area contributed by atoms with Gasteiger partial charge >= 0.3 is 0 Å². The van der Waals surface area contributed by atoms with Gasteiger partial charge < -0.3 is 20.7 Å². The van der Waals surface area contributed by atoms with Crippen molar-refractivity contribution in [1.29, 1.82) is 0 Å². The number of nitrogens with one attached hydrogen (secondary N) is 1. The average molecular weight is 265 g/mol. The smallest absolute Gasteiger partial charge is 0.255 e. The summed E-state index contributed by atoms with van der Waals surface area (Å²) in [5.74, 6) is 0.326. The first-order valence-electron chi connectivity index (χ1n) is 6.17. The summed E-state index contributed by atoms with van der Waals surface area (Å²) >= 11 is 0. The first-order valence-corrected chi connectivity index (χ1v) is 6.17. The number of methoxy groups -OCH3 is 1. The number of likely N-dealkylation sites (N-methyl/N-ethyl adjacent to an activating group) is 1. The van der Waals surface area contributed by atoms with Gasteiger partial charge in [-0.15, -0.1) is 0 Å². The standard InChI is InChI=1S/C14H23N3O2/c1-14(2,17(3)4)9-16-13(18)11-7-6-10(15)8-12(11)19-5/h6-8H,9,15H2,1-5H3,(H,16,18). The van der Waals surface area contributed by atoms with Gasteiger partial charge in [0.1, 0.15) is 5.75 Å². The van der Waals surface area contributed by atoms with E-state index in [0.29, 0.717) is 23.5 Å². The van der Waals surface area contributed by atoms with E-state index in [1.807, 2.05) is 14.1 Å². The van der Waals surface area contributed by atoms with Crippen LogP contribution in [0.1, 0.15) is 24.2 Å². The highest BCUT2D eigenvalue weighted by atomic mass is 16.5. The largest absolute Gasteiger partial charge is 0.496 e. The van der Waals surface area contributed by atoms with E-state index in [2.05, 4.69) is 24.1 Å². The molecule has 0 unspecified atom stereocenters. The van der Waals surface area contributed by atoms with Gasteiger partial charge in [0.25, 0.3) is 5.91 Å². The van der Waals surface area contributed by atoms with E-state index >= 15 is 0 Å². The van der Waals surface area contributed by atoms with Crippen molar-refractivity contribution in [3.8, 4) is 5.75 Å². The Kier molecular flexibility index (Phi) is 4.78. The van der Waals surface area contributed by atoms with Crippen molar-refractivity contribution in [1.82, 2.24) is 10.2 Å². The average Bonchev–Trinajstić information content (AvgIpc) is 2.35. The van der Waals surface area contributed by atoms with E-state index in [0.717, 1.165) is 0 Å². The highest BCUT2D eigenvalue weighted by molar-refractivity contribution is 5.97. The van der Waals surface area contributed by atoms with E-state index in [9.17, 15) is 4.79 Å². The maximum absolute atomic E-state index is 12.2. The summed E-state index contributed by atoms with van der Waals surface area (Å²) in [6.07, 6.45) is 0. The lowest BCUT2D eigenvalue weighted by Gasteiger charge is -2.32. The van der Waals surface area contributed by atoms with Crippen molar-refractivity contribution in [2.24, 2.45) is 0 Å². The molecule has 0 saturated heterocycles. The van der Waals surface area contributed by atoms with Crippen LogP contribution in [-0.4, -0.2) is 44.1 Å². The SMILES string of the molecule is COc1cc(N)ccc1C(=O)NCC(C)(C)N(C)C. The Balaban J connectivity index is 2.79. The highest BCUT2D eigenvalue weighted by Crippen LogP contribution is 2.21. The second-order valence-corrected chi connectivity index (χ2v) is 5.35. The number of benzene rings is 1. The quantitative estimate of drug-likeness (QED) is 0.789. The summed E-state index contributed by atoms with van der Waals surface area (Å²) in [6.45, 7) is 4.67. The summed E-state index contributed by atoms with van der Waals surface area (Å²) in [6, 6.07) is 5.01. The molecule has 0 aliphatic rings. The number of nitrogens with two attached hydrogens (primary N) is 1. The lowest BCUT2D eigenvalue weighted by molar-refractivity contribution is 0.0916. The summed E-state index contributed by atoms with van der Waals surface area (Å²) < 4.78 is 5.18. The van der Waals surface area contributed by atoms with E-state index in [-0.39, 0.29) is 11.4 Å². The molecule has 5 heteroatoms. The molecule has 1 aromatic carbocycles. The molecule has 0 fully saturated rings. The van der Waals surface area contributed by atoms with Gasteiger partial charge in [-0.1, -0.05) is 0 Å². The minimum atomic E-state index is -0.160. The summed E-state index contributed by atoms with van der Waals surface area (Å²) in [7, 11) is 5.49. The Morgan fingerprint density at radius 3 is 2.58 bits per heavy atom. The van der Waals surface area contributed by atoms with Crippen LogP contribution >= 0.6 is 0 Å². The van der Waals surface area contributed by atoms with Gasteiger partial charge in [0.05, 0.1) is 12.7 Å². The number of carbonyl (C=O) groups excluding carboxylic acids is 1. The van der Waals surface area contributed by atoms with Crippen LogP contribution in [0.5, 0.6) is 5.75 Å². The summed E-state index contributed by atoms with van der Waals surface area (Å²) in [4.78, 5) is 14.2. The number of nitrogens with zero attached hydrogens (tertiary/aromatic N) is 1. The minimum absolute atomic E-state index is 0.114. The molecule has 0 radical (unpaired) electrons. The van der Waals surface area contributed by atoms with Crippen LogP contribution in [0.15, 0.2) is 18.2 Å². The fraction of sp³-hybridized carbons (Fsp3) is 0.500. The molecule has 19 heavy (non-hydrogen) atoms. The van der Waals surface area contributed by atoms with Crippen LogP contribution in [0.2, 0.25) is 0 Å². The third-order valence-corrected chi connectivity index (χ3v) is 3.36. The number of amides is 1. The monoisotopic (exact) mass is 265 g/mol. The number of ether oxygens (including phenoxy) is 1. The summed E-state index contributed by atoms with van der Waals surface area (Å²) in [5, 5.41) is 2.91. The number of hydrogen-bond acceptors (Lipinski definition) is 4. The molecule has 5 nitrogen and oxygen atoms in total. The van der Waals surface area contributed by atoms with Gasteiger partial charge in [0.15, 0.2) is 0 Å². The molecule has 0 saturated carbocycles. The second-order valence-electron chi connectivity index (χ2n) is 5.35. The van der Waals surface area contributed by atoms with E-state index in [1.165, 1.54) is 7.11 Å². The first kappa shape index (κ1) is 15.3. The zero-order valence-electron chi connectivity index (χ0n) is 12.3. The molecule has 0 atom stereocenters. The van der Waals surface area contributed by atoms with E-state index in [4.69, 9.17) is 10.5 Å². The normalized spacial score (nSPS) is 11.5. The van der Waals surface area contributed by atoms with Gasteiger partial charge in [-0.25, -0.2) is 0 Å². The molecule has 0 heterocycles. The van der Waals surface area contributed by atoms with Crippen LogP contribution in [0.4, 0.5) is 5.69 Å². The predicted octanol–water partition coefficient (Wildman–Crippen LogP) is 1.35. The van der Waals surface area contributed by atoms with Crippen molar-refractivity contribution < 1.29 is 9.53 Å². The molecule has 1 amide bonds. The molecule has 1 rings (SSSR count). The van der Waals surface area contributed by atoms with Crippen LogP contribution < -0.4 is 15.8 Å². The van der Waals surface area contributed by atoms with Crippen molar-refractivity contribution in [3.63, 3.8) is 0 Å². The molecule has 0 aromatic heterocycles. The van der Waals surface area contributed by atoms with Gasteiger partial charge in [-0.2, -0.15) is 0 Å². The second kappa shape index (κ2) is 5.93. The Bertz CT molecular complexity index is 456. The van der Waals surface area contributed by atoms with Crippen molar-refractivity contribution in [3.05, 3.63) is 23.8 Å². The Labute approximate surface area is 114 Å². The third kappa shape index (κ3) is 3.86. The highest BCUT2D eigenvalue weighted by Gasteiger charge is 2.22. The van der Waals surface area contributed by atoms with Gasteiger partial charge in [0, 0.05) is 23.8 Å². The molecule has 1 aromatic rings. The maximum Gasteiger partial charge on any atom is 0.255 e. The van der Waals surface area contributed by atoms with Crippen LogP contribution in [0.3, 0.4) is 0 Å². The molecule has 106 valence electrons. The molecule has 0 aliphatic carbocycles. The van der Waals surface area contributed by atoms with Crippen molar-refractivity contribution in [2.45, 2.75) is 19.4 Å². The predicted molar refractivity (Wildman–Crippen MR) is 77.5 cm³/mol. The number of carbonyl (C=O) groups is 1. The fourth-order valence-corrected chi connectivity index (χ4v) is 1.45. The van der Waals surface area contributed by atoms with Gasteiger partial charge in [0.2, 0.25) is 0 Å². The molecule has 0 aliphatic heterocycles. The van der Waals surface area contributed by atoms with Crippen LogP contribution in [0, 0.1) is 0 Å². The number of hydrogen-bond donors (Lipinski definition) is 2. The number of rotatable bonds is 5. The maximum atomic E-state index is 12.2. The molecule has 0 spiro atoms. The summed E-state index contributed by atoms with van der Waals surface area (Å²) in [5.41, 5.74) is 6.62. The van der Waals surface area contributed by atoms with Crippen molar-refractivity contribution >= 4 is 11.6 Å². The fourth-order valence-electron chi connectivity index (χ4n) is 1.45. The first-order chi connectivity index (χ1) is 8.77. The third-order valence-electron chi connectivity index (χ3n) is 3.36. The van der Waals surface area contributed by atoms with E-state index < -0.39 is 0 Å². The van der Waals surface area contributed by atoms with Crippen LogP contribution in [0.25, 0.3) is 0 Å². The van der Waals surface area contributed by atoms with Gasteiger partial charge in [-0.3, -0.25) is 4.79 Å². The van der Waals surface area contributed by atoms with Crippen LogP contribution in [-0.2, 0) is 0 Å². The Hall–Kier alpha value is -1.75. The Morgan fingerprint density at radius 2 is 2.05 bits per heavy atom. The van der Waals surface area contributed by atoms with E-state index in [1.54, 1.807) is 18.2 Å². The molecule has 0 bridgehead atoms. The zero-order chi connectivity index (χ0) is 14.6. The molecular weight excluding hydrogens is 242 g/mol. The lowest BCUT2D eigenvalue weighted by Crippen LogP contribution is -2.48. The number of nitrogen functional groups attached to an aromatic ring is 1. The minimum Gasteiger partial charge on any atom is -0.496 e. The number of anilines is 1. The van der Waals surface area contributed by atoms with Gasteiger partial charge in [-0.05, 0) is 40.1 Å². The zero-order valence-corrected chi connectivity index (χ0v) is 12.3. The lowest BCUT2D eigenvalue weighted by atomic mass is 10.0. The topological polar surface area (TPSA) is 67.6 Å². The molecular formula is C14H23N3O2. The molecule has 3 N–H and O–H groups in total. The van der Waals surface area contributed by atoms with Crippen molar-refractivity contribution in [2.75, 3.05) is 33.5 Å². The Morgan fingerprint density at radius 1 is 1.42 bits per heavy atom.